The number of hydrogen-bond acceptors (Lipinski definition) is 2. The van der Waals surface area contributed by atoms with Crippen LogP contribution in [0, 0.1) is 5.82 Å². The number of carbonyl (C=O) groups excluding carboxylic acids is 2. The van der Waals surface area contributed by atoms with Crippen LogP contribution in [0.25, 0.3) is 0 Å². The van der Waals surface area contributed by atoms with Gasteiger partial charge < -0.3 is 10.6 Å². The predicted molar refractivity (Wildman–Crippen MR) is 85.4 cm³/mol. The van der Waals surface area contributed by atoms with Gasteiger partial charge in [0.2, 0.25) is 11.8 Å². The van der Waals surface area contributed by atoms with Crippen LogP contribution in [0.15, 0.2) is 48.5 Å². The first-order valence-electron chi connectivity index (χ1n) is 7.49. The average molecular weight is 312 g/mol. The number of anilines is 1. The molecular formula is C18H17FN2O2. The molecule has 2 N–H and O–H groups in total. The van der Waals surface area contributed by atoms with E-state index in [0.717, 1.165) is 5.56 Å². The summed E-state index contributed by atoms with van der Waals surface area (Å²) in [5.74, 6) is -1.56. The Balaban J connectivity index is 1.81. The van der Waals surface area contributed by atoms with E-state index >= 15 is 0 Å². The van der Waals surface area contributed by atoms with Crippen LogP contribution >= 0.6 is 0 Å². The van der Waals surface area contributed by atoms with Crippen molar-refractivity contribution in [3.8, 4) is 0 Å². The Bertz CT molecular complexity index is 746. The van der Waals surface area contributed by atoms with Gasteiger partial charge in [0.1, 0.15) is 5.82 Å². The van der Waals surface area contributed by atoms with Crippen LogP contribution in [-0.2, 0) is 9.59 Å². The molecule has 2 aromatic rings. The molecule has 2 aromatic carbocycles. The second kappa shape index (κ2) is 6.20. The normalized spacial score (nSPS) is 17.8. The Morgan fingerprint density at radius 1 is 1.26 bits per heavy atom. The molecule has 1 heterocycles. The lowest BCUT2D eigenvalue weighted by Crippen LogP contribution is -2.36. The van der Waals surface area contributed by atoms with E-state index in [0.29, 0.717) is 11.3 Å². The van der Waals surface area contributed by atoms with E-state index in [4.69, 9.17) is 0 Å². The molecule has 0 fully saturated rings. The summed E-state index contributed by atoms with van der Waals surface area (Å²) in [5.41, 5.74) is 2.00. The van der Waals surface area contributed by atoms with Crippen LogP contribution in [0.2, 0.25) is 0 Å². The third-order valence-corrected chi connectivity index (χ3v) is 4.03. The summed E-state index contributed by atoms with van der Waals surface area (Å²) in [6, 6.07) is 13.5. The smallest absolute Gasteiger partial charge is 0.228 e. The Morgan fingerprint density at radius 2 is 2.00 bits per heavy atom. The van der Waals surface area contributed by atoms with Gasteiger partial charge in [-0.15, -0.1) is 0 Å². The maximum Gasteiger partial charge on any atom is 0.228 e. The average Bonchev–Trinajstić information content (AvgIpc) is 2.54. The number of amides is 2. The molecule has 5 heteroatoms. The molecule has 2 atom stereocenters. The minimum Gasteiger partial charge on any atom is -0.349 e. The van der Waals surface area contributed by atoms with Gasteiger partial charge in [-0.25, -0.2) is 4.39 Å². The minimum absolute atomic E-state index is 0.0615. The van der Waals surface area contributed by atoms with Crippen LogP contribution in [0.4, 0.5) is 10.1 Å². The first-order chi connectivity index (χ1) is 11.0. The molecule has 2 amide bonds. The van der Waals surface area contributed by atoms with Gasteiger partial charge in [0, 0.05) is 12.1 Å². The first kappa shape index (κ1) is 15.2. The molecule has 0 saturated heterocycles. The molecule has 4 nitrogen and oxygen atoms in total. The lowest BCUT2D eigenvalue weighted by Gasteiger charge is -2.26. The van der Waals surface area contributed by atoms with E-state index in [1.54, 1.807) is 6.07 Å². The fourth-order valence-electron chi connectivity index (χ4n) is 2.81. The summed E-state index contributed by atoms with van der Waals surface area (Å²) >= 11 is 0. The largest absolute Gasteiger partial charge is 0.349 e. The number of halogens is 1. The van der Waals surface area contributed by atoms with E-state index in [1.807, 2.05) is 37.3 Å². The zero-order chi connectivity index (χ0) is 16.4. The highest BCUT2D eigenvalue weighted by Gasteiger charge is 2.31. The Kier molecular flexibility index (Phi) is 4.10. The van der Waals surface area contributed by atoms with E-state index in [9.17, 15) is 14.0 Å². The van der Waals surface area contributed by atoms with Gasteiger partial charge in [-0.05, 0) is 30.2 Å². The minimum atomic E-state index is -0.606. The first-order valence-corrected chi connectivity index (χ1v) is 7.49. The van der Waals surface area contributed by atoms with Gasteiger partial charge in [-0.2, -0.15) is 0 Å². The topological polar surface area (TPSA) is 58.2 Å². The van der Waals surface area contributed by atoms with Crippen molar-refractivity contribution >= 4 is 17.5 Å². The van der Waals surface area contributed by atoms with Crippen LogP contribution < -0.4 is 10.6 Å². The molecule has 0 aliphatic carbocycles. The van der Waals surface area contributed by atoms with Crippen molar-refractivity contribution in [1.29, 1.82) is 0 Å². The quantitative estimate of drug-likeness (QED) is 0.915. The number of rotatable bonds is 3. The van der Waals surface area contributed by atoms with Gasteiger partial charge in [-0.1, -0.05) is 36.4 Å². The van der Waals surface area contributed by atoms with Crippen molar-refractivity contribution in [3.05, 3.63) is 65.5 Å². The van der Waals surface area contributed by atoms with E-state index in [1.165, 1.54) is 12.1 Å². The Morgan fingerprint density at radius 3 is 2.74 bits per heavy atom. The van der Waals surface area contributed by atoms with Crippen molar-refractivity contribution in [2.24, 2.45) is 0 Å². The third kappa shape index (κ3) is 3.23. The molecule has 0 bridgehead atoms. The van der Waals surface area contributed by atoms with Crippen molar-refractivity contribution < 1.29 is 14.0 Å². The summed E-state index contributed by atoms with van der Waals surface area (Å²) in [7, 11) is 0. The summed E-state index contributed by atoms with van der Waals surface area (Å²) in [4.78, 5) is 24.4. The highest BCUT2D eigenvalue weighted by atomic mass is 19.1. The summed E-state index contributed by atoms with van der Waals surface area (Å²) in [5, 5.41) is 5.54. The zero-order valence-electron chi connectivity index (χ0n) is 12.7. The van der Waals surface area contributed by atoms with Crippen LogP contribution in [0.5, 0.6) is 0 Å². The number of carbonyl (C=O) groups is 2. The van der Waals surface area contributed by atoms with E-state index < -0.39 is 11.7 Å². The van der Waals surface area contributed by atoms with Gasteiger partial charge in [0.15, 0.2) is 0 Å². The van der Waals surface area contributed by atoms with Crippen molar-refractivity contribution in [2.45, 2.75) is 25.3 Å². The van der Waals surface area contributed by atoms with Gasteiger partial charge in [0.25, 0.3) is 0 Å². The molecule has 1 aliphatic heterocycles. The molecule has 1 aliphatic rings. The molecule has 0 saturated carbocycles. The fourth-order valence-corrected chi connectivity index (χ4v) is 2.81. The maximum absolute atomic E-state index is 13.3. The molecule has 0 aromatic heterocycles. The van der Waals surface area contributed by atoms with Crippen LogP contribution in [-0.4, -0.2) is 11.8 Å². The lowest BCUT2D eigenvalue weighted by atomic mass is 9.89. The maximum atomic E-state index is 13.3. The monoisotopic (exact) mass is 312 g/mol. The van der Waals surface area contributed by atoms with Crippen LogP contribution in [0.1, 0.15) is 36.4 Å². The second-order valence-electron chi connectivity index (χ2n) is 5.68. The lowest BCUT2D eigenvalue weighted by molar-refractivity contribution is -0.126. The van der Waals surface area contributed by atoms with Crippen LogP contribution in [0.3, 0.4) is 0 Å². The highest BCUT2D eigenvalue weighted by molar-refractivity contribution is 6.01. The fraction of sp³-hybridized carbons (Fsp3) is 0.222. The SMILES string of the molecule is C[C@H](NC(=O)[C@H]1CC(=O)Nc2cc(F)ccc21)c1ccccc1. The predicted octanol–water partition coefficient (Wildman–Crippen LogP) is 3.13. The van der Waals surface area contributed by atoms with Gasteiger partial charge in [0.05, 0.1) is 12.0 Å². The second-order valence-corrected chi connectivity index (χ2v) is 5.68. The Hall–Kier alpha value is -2.69. The summed E-state index contributed by atoms with van der Waals surface area (Å²) in [6.45, 7) is 1.89. The standard InChI is InChI=1S/C18H17FN2O2/c1-11(12-5-3-2-4-6-12)20-18(23)15-10-17(22)21-16-9-13(19)7-8-14(15)16/h2-9,11,15H,10H2,1H3,(H,20,23)(H,21,22)/t11-,15-/m0/s1. The highest BCUT2D eigenvalue weighted by Crippen LogP contribution is 2.33. The number of benzene rings is 2. The van der Waals surface area contributed by atoms with Crippen molar-refractivity contribution in [1.82, 2.24) is 5.32 Å². The third-order valence-electron chi connectivity index (χ3n) is 4.03. The number of fused-ring (bicyclic) bond motifs is 1. The van der Waals surface area contributed by atoms with E-state index in [-0.39, 0.29) is 24.3 Å². The summed E-state index contributed by atoms with van der Waals surface area (Å²) < 4.78 is 13.3. The number of nitrogens with one attached hydrogen (secondary N) is 2. The molecule has 0 spiro atoms. The van der Waals surface area contributed by atoms with Crippen molar-refractivity contribution in [2.75, 3.05) is 5.32 Å². The Labute approximate surface area is 133 Å². The van der Waals surface area contributed by atoms with Gasteiger partial charge in [-0.3, -0.25) is 9.59 Å². The summed E-state index contributed by atoms with van der Waals surface area (Å²) in [6.07, 6.45) is 0.0615. The van der Waals surface area contributed by atoms with Crippen molar-refractivity contribution in [3.63, 3.8) is 0 Å². The molecule has 118 valence electrons. The number of hydrogen-bond donors (Lipinski definition) is 2. The molecule has 0 unspecified atom stereocenters. The molecule has 23 heavy (non-hydrogen) atoms. The molecule has 0 radical (unpaired) electrons. The van der Waals surface area contributed by atoms with Gasteiger partial charge >= 0.3 is 0 Å². The van der Waals surface area contributed by atoms with E-state index in [2.05, 4.69) is 10.6 Å². The molecular weight excluding hydrogens is 295 g/mol. The zero-order valence-corrected chi connectivity index (χ0v) is 12.7. The molecule has 3 rings (SSSR count).